The smallest absolute Gasteiger partial charge is 0.320 e. The van der Waals surface area contributed by atoms with Crippen molar-refractivity contribution in [2.45, 2.75) is 19.1 Å². The monoisotopic (exact) mass is 415 g/mol. The highest BCUT2D eigenvalue weighted by atomic mass is 79.9. The Labute approximate surface area is 149 Å². The van der Waals surface area contributed by atoms with Gasteiger partial charge in [-0.25, -0.2) is 9.37 Å². The van der Waals surface area contributed by atoms with Gasteiger partial charge >= 0.3 is 6.55 Å². The molecule has 2 heterocycles. The summed E-state index contributed by atoms with van der Waals surface area (Å²) in [5, 5.41) is 10.5. The third-order valence-corrected chi connectivity index (χ3v) is 4.06. The minimum Gasteiger partial charge on any atom is -0.488 e. The second-order valence-corrected chi connectivity index (χ2v) is 6.54. The number of aromatic nitrogens is 3. The quantitative estimate of drug-likeness (QED) is 0.683. The zero-order valence-electron chi connectivity index (χ0n) is 13.0. The van der Waals surface area contributed by atoms with Gasteiger partial charge in [-0.3, -0.25) is 9.55 Å². The number of imidazole rings is 1. The second kappa shape index (κ2) is 6.64. The molecule has 0 spiro atoms. The van der Waals surface area contributed by atoms with Gasteiger partial charge in [0.15, 0.2) is 0 Å². The molecule has 0 amide bonds. The summed E-state index contributed by atoms with van der Waals surface area (Å²) in [6, 6.07) is 5.59. The van der Waals surface area contributed by atoms with Crippen LogP contribution in [0.5, 0.6) is 5.75 Å². The third kappa shape index (κ3) is 3.62. The van der Waals surface area contributed by atoms with E-state index in [2.05, 4.69) is 25.9 Å². The van der Waals surface area contributed by atoms with Crippen LogP contribution >= 0.6 is 15.9 Å². The predicted molar refractivity (Wildman–Crippen MR) is 87.9 cm³/mol. The number of fused-ring (bicyclic) bond motifs is 1. The second-order valence-electron chi connectivity index (χ2n) is 5.63. The minimum atomic E-state index is -2.78. The molecule has 2 aromatic heterocycles. The molecular weight excluding hydrogens is 403 g/mol. The van der Waals surface area contributed by atoms with Crippen molar-refractivity contribution in [3.8, 4) is 5.75 Å². The lowest BCUT2D eigenvalue weighted by Crippen LogP contribution is -2.30. The maximum atomic E-state index is 13.1. The highest BCUT2D eigenvalue weighted by Crippen LogP contribution is 2.33. The van der Waals surface area contributed by atoms with Crippen LogP contribution < -0.4 is 4.74 Å². The summed E-state index contributed by atoms with van der Waals surface area (Å²) in [6.07, 6.45) is 2.00. The summed E-state index contributed by atoms with van der Waals surface area (Å²) in [7, 11) is 0. The lowest BCUT2D eigenvalue weighted by molar-refractivity contribution is 0.00392. The first kappa shape index (κ1) is 17.7. The normalized spacial score (nSPS) is 14.0. The van der Waals surface area contributed by atoms with Gasteiger partial charge in [0.25, 0.3) is 0 Å². The Kier molecular flexibility index (Phi) is 4.70. The van der Waals surface area contributed by atoms with E-state index in [-0.39, 0.29) is 23.6 Å². The number of aliphatic hydroxyl groups is 1. The third-order valence-electron chi connectivity index (χ3n) is 3.60. The van der Waals surface area contributed by atoms with Crippen molar-refractivity contribution < 1.29 is 23.0 Å². The number of ether oxygens (including phenoxy) is 1. The van der Waals surface area contributed by atoms with Crippen LogP contribution in [0.3, 0.4) is 0 Å². The Balaban J connectivity index is 1.92. The average molecular weight is 416 g/mol. The standard InChI is InChI=1S/C16H13BrF3N3O2/c1-16(24,13-3-2-10(18)6-21-13)7-25-12-5-9(17)4-11-14(12)23(8-22-11)15(19)20/h2-6,8,15,24H,7H2,1H3. The topological polar surface area (TPSA) is 60.2 Å². The molecular formula is C16H13BrF3N3O2. The molecule has 132 valence electrons. The van der Waals surface area contributed by atoms with Crippen LogP contribution in [0.25, 0.3) is 11.0 Å². The van der Waals surface area contributed by atoms with E-state index in [4.69, 9.17) is 4.74 Å². The van der Waals surface area contributed by atoms with Crippen molar-refractivity contribution in [2.75, 3.05) is 6.61 Å². The SMILES string of the molecule is CC(O)(COc1cc(Br)cc2ncn(C(F)F)c12)c1ccc(F)cn1. The number of alkyl halides is 2. The van der Waals surface area contributed by atoms with Crippen LogP contribution in [0.1, 0.15) is 19.2 Å². The molecule has 0 saturated carbocycles. The highest BCUT2D eigenvalue weighted by molar-refractivity contribution is 9.10. The van der Waals surface area contributed by atoms with Gasteiger partial charge in [0, 0.05) is 4.47 Å². The van der Waals surface area contributed by atoms with Crippen molar-refractivity contribution in [1.82, 2.24) is 14.5 Å². The average Bonchev–Trinajstić information content (AvgIpc) is 2.97. The molecule has 0 aliphatic carbocycles. The van der Waals surface area contributed by atoms with Gasteiger partial charge in [0.1, 0.15) is 35.6 Å². The lowest BCUT2D eigenvalue weighted by Gasteiger charge is -2.23. The largest absolute Gasteiger partial charge is 0.488 e. The number of halogens is 4. The molecule has 1 aromatic carbocycles. The molecule has 25 heavy (non-hydrogen) atoms. The van der Waals surface area contributed by atoms with Gasteiger partial charge in [0.05, 0.1) is 17.4 Å². The van der Waals surface area contributed by atoms with Gasteiger partial charge in [-0.1, -0.05) is 15.9 Å². The minimum absolute atomic E-state index is 0.112. The number of nitrogens with zero attached hydrogens (tertiary/aromatic N) is 3. The zero-order valence-corrected chi connectivity index (χ0v) is 14.5. The summed E-state index contributed by atoms with van der Waals surface area (Å²) >= 11 is 3.27. The fraction of sp³-hybridized carbons (Fsp3) is 0.250. The van der Waals surface area contributed by atoms with E-state index in [1.165, 1.54) is 25.1 Å². The van der Waals surface area contributed by atoms with Crippen LogP contribution in [0.15, 0.2) is 41.3 Å². The van der Waals surface area contributed by atoms with E-state index in [9.17, 15) is 18.3 Å². The fourth-order valence-corrected chi connectivity index (χ4v) is 2.77. The molecule has 0 saturated heterocycles. The van der Waals surface area contributed by atoms with Crippen molar-refractivity contribution in [3.05, 3.63) is 52.8 Å². The van der Waals surface area contributed by atoms with Crippen LogP contribution in [0, 0.1) is 5.82 Å². The summed E-state index contributed by atoms with van der Waals surface area (Å²) in [5.41, 5.74) is -0.911. The van der Waals surface area contributed by atoms with Crippen molar-refractivity contribution in [1.29, 1.82) is 0 Å². The first-order valence-electron chi connectivity index (χ1n) is 7.19. The molecule has 1 unspecified atom stereocenters. The predicted octanol–water partition coefficient (Wildman–Crippen LogP) is 4.01. The molecule has 3 aromatic rings. The maximum Gasteiger partial charge on any atom is 0.320 e. The van der Waals surface area contributed by atoms with Crippen molar-refractivity contribution >= 4 is 27.0 Å². The van der Waals surface area contributed by atoms with E-state index in [0.29, 0.717) is 14.6 Å². The Morgan fingerprint density at radius 1 is 1.32 bits per heavy atom. The highest BCUT2D eigenvalue weighted by Gasteiger charge is 2.27. The number of hydrogen-bond donors (Lipinski definition) is 1. The Morgan fingerprint density at radius 2 is 2.08 bits per heavy atom. The van der Waals surface area contributed by atoms with Crippen LogP contribution in [-0.4, -0.2) is 26.2 Å². The van der Waals surface area contributed by atoms with E-state index in [0.717, 1.165) is 12.5 Å². The van der Waals surface area contributed by atoms with E-state index in [1.54, 1.807) is 6.07 Å². The molecule has 0 bridgehead atoms. The first-order chi connectivity index (χ1) is 11.8. The molecule has 0 fully saturated rings. The van der Waals surface area contributed by atoms with Crippen molar-refractivity contribution in [2.24, 2.45) is 0 Å². The molecule has 3 rings (SSSR count). The van der Waals surface area contributed by atoms with Crippen LogP contribution in [0.2, 0.25) is 0 Å². The Hall–Kier alpha value is -2.13. The maximum absolute atomic E-state index is 13.1. The fourth-order valence-electron chi connectivity index (χ4n) is 2.35. The Morgan fingerprint density at radius 3 is 2.72 bits per heavy atom. The van der Waals surface area contributed by atoms with Gasteiger partial charge in [-0.15, -0.1) is 0 Å². The van der Waals surface area contributed by atoms with Gasteiger partial charge in [0.2, 0.25) is 0 Å². The van der Waals surface area contributed by atoms with E-state index < -0.39 is 18.0 Å². The summed E-state index contributed by atoms with van der Waals surface area (Å²) in [6.45, 7) is -1.62. The summed E-state index contributed by atoms with van der Waals surface area (Å²) in [5.74, 6) is -0.403. The molecule has 0 radical (unpaired) electrons. The number of pyridine rings is 1. The van der Waals surface area contributed by atoms with E-state index >= 15 is 0 Å². The van der Waals surface area contributed by atoms with Gasteiger partial charge < -0.3 is 9.84 Å². The molecule has 1 atom stereocenters. The van der Waals surface area contributed by atoms with E-state index in [1.807, 2.05) is 0 Å². The zero-order chi connectivity index (χ0) is 18.2. The van der Waals surface area contributed by atoms with Crippen LogP contribution in [-0.2, 0) is 5.60 Å². The van der Waals surface area contributed by atoms with Gasteiger partial charge in [-0.05, 0) is 31.2 Å². The first-order valence-corrected chi connectivity index (χ1v) is 7.99. The molecule has 1 N–H and O–H groups in total. The molecule has 0 aliphatic heterocycles. The Bertz CT molecular complexity index is 898. The summed E-state index contributed by atoms with van der Waals surface area (Å²) in [4.78, 5) is 7.76. The lowest BCUT2D eigenvalue weighted by atomic mass is 10.0. The molecule has 9 heteroatoms. The van der Waals surface area contributed by atoms with Crippen molar-refractivity contribution in [3.63, 3.8) is 0 Å². The number of rotatable bonds is 5. The molecule has 0 aliphatic rings. The van der Waals surface area contributed by atoms with Crippen LogP contribution in [0.4, 0.5) is 13.2 Å². The number of benzene rings is 1. The van der Waals surface area contributed by atoms with Gasteiger partial charge in [-0.2, -0.15) is 8.78 Å². The molecule has 5 nitrogen and oxygen atoms in total. The number of hydrogen-bond acceptors (Lipinski definition) is 4. The summed E-state index contributed by atoms with van der Waals surface area (Å²) < 4.78 is 46.1.